The van der Waals surface area contributed by atoms with Crippen molar-refractivity contribution in [2.24, 2.45) is 0 Å². The third kappa shape index (κ3) is 5.91. The van der Waals surface area contributed by atoms with Crippen molar-refractivity contribution in [1.82, 2.24) is 15.1 Å². The van der Waals surface area contributed by atoms with Gasteiger partial charge in [-0.3, -0.25) is 9.69 Å². The summed E-state index contributed by atoms with van der Waals surface area (Å²) in [7, 11) is 2.00. The number of rotatable bonds is 9. The minimum absolute atomic E-state index is 0.120. The second-order valence-corrected chi connectivity index (χ2v) is 7.61. The summed E-state index contributed by atoms with van der Waals surface area (Å²) in [6, 6.07) is 20.8. The van der Waals surface area contributed by atoms with Crippen LogP contribution < -0.4 is 5.32 Å². The highest BCUT2D eigenvalue weighted by Gasteiger charge is 2.25. The Balaban J connectivity index is 1.56. The Hall–Kier alpha value is -2.17. The lowest BCUT2D eigenvalue weighted by Gasteiger charge is -2.35. The van der Waals surface area contributed by atoms with Crippen molar-refractivity contribution >= 4 is 5.91 Å². The summed E-state index contributed by atoms with van der Waals surface area (Å²) in [5, 5.41) is 3.20. The van der Waals surface area contributed by atoms with E-state index in [4.69, 9.17) is 0 Å². The summed E-state index contributed by atoms with van der Waals surface area (Å²) >= 11 is 0. The third-order valence-electron chi connectivity index (χ3n) is 5.66. The van der Waals surface area contributed by atoms with Crippen LogP contribution in [0.5, 0.6) is 0 Å². The molecule has 1 amide bonds. The van der Waals surface area contributed by atoms with E-state index in [0.717, 1.165) is 39.3 Å². The van der Waals surface area contributed by atoms with Gasteiger partial charge in [0.1, 0.15) is 0 Å². The number of carbonyl (C=O) groups excluding carboxylic acids is 1. The van der Waals surface area contributed by atoms with E-state index < -0.39 is 0 Å². The molecule has 0 radical (unpaired) electrons. The van der Waals surface area contributed by atoms with Crippen LogP contribution in [0.4, 0.5) is 0 Å². The van der Waals surface area contributed by atoms with Gasteiger partial charge in [0, 0.05) is 38.5 Å². The van der Waals surface area contributed by atoms with Gasteiger partial charge >= 0.3 is 0 Å². The number of nitrogens with one attached hydrogen (secondary N) is 1. The zero-order chi connectivity index (χ0) is 19.6. The summed E-state index contributed by atoms with van der Waals surface area (Å²) in [4.78, 5) is 17.6. The van der Waals surface area contributed by atoms with E-state index >= 15 is 0 Å². The van der Waals surface area contributed by atoms with Crippen LogP contribution in [0, 0.1) is 0 Å². The largest absolute Gasteiger partial charge is 0.340 e. The smallest absolute Gasteiger partial charge is 0.223 e. The minimum atomic E-state index is 0.120. The Labute approximate surface area is 169 Å². The van der Waals surface area contributed by atoms with Crippen molar-refractivity contribution in [2.45, 2.75) is 25.2 Å². The van der Waals surface area contributed by atoms with Crippen LogP contribution in [0.3, 0.4) is 0 Å². The molecule has 0 aliphatic carbocycles. The van der Waals surface area contributed by atoms with Gasteiger partial charge in [0.25, 0.3) is 0 Å². The fourth-order valence-electron chi connectivity index (χ4n) is 3.96. The Morgan fingerprint density at radius 3 is 2.00 bits per heavy atom. The standard InChI is InChI=1S/C24H33N3O/c1-25-14-8-9-15-26-16-18-27(19-17-26)24(28)20-23(21-10-4-2-5-11-21)22-12-6-3-7-13-22/h2-7,10-13,23,25H,8-9,14-20H2,1H3. The highest BCUT2D eigenvalue weighted by molar-refractivity contribution is 5.78. The zero-order valence-corrected chi connectivity index (χ0v) is 17.0. The van der Waals surface area contributed by atoms with Crippen molar-refractivity contribution in [1.29, 1.82) is 0 Å². The predicted molar refractivity (Wildman–Crippen MR) is 116 cm³/mol. The van der Waals surface area contributed by atoms with Crippen LogP contribution in [-0.4, -0.2) is 62.0 Å². The van der Waals surface area contributed by atoms with Crippen LogP contribution in [0.1, 0.15) is 36.3 Å². The number of carbonyl (C=O) groups is 1. The topological polar surface area (TPSA) is 35.6 Å². The molecule has 0 spiro atoms. The molecule has 2 aromatic carbocycles. The number of hydrogen-bond donors (Lipinski definition) is 1. The van der Waals surface area contributed by atoms with Gasteiger partial charge in [0.05, 0.1) is 0 Å². The first-order chi connectivity index (χ1) is 13.8. The average Bonchev–Trinajstić information content (AvgIpc) is 2.76. The second-order valence-electron chi connectivity index (χ2n) is 7.61. The van der Waals surface area contributed by atoms with E-state index in [1.807, 2.05) is 19.2 Å². The molecule has 4 nitrogen and oxygen atoms in total. The van der Waals surface area contributed by atoms with Crippen molar-refractivity contribution in [2.75, 3.05) is 46.3 Å². The normalized spacial score (nSPS) is 15.1. The van der Waals surface area contributed by atoms with Gasteiger partial charge < -0.3 is 10.2 Å². The molecule has 2 aromatic rings. The first-order valence-corrected chi connectivity index (χ1v) is 10.5. The highest BCUT2D eigenvalue weighted by atomic mass is 16.2. The second kappa shape index (κ2) is 11.0. The summed E-state index contributed by atoms with van der Waals surface area (Å²) < 4.78 is 0. The maximum Gasteiger partial charge on any atom is 0.223 e. The van der Waals surface area contributed by atoms with E-state index in [9.17, 15) is 4.79 Å². The van der Waals surface area contributed by atoms with Gasteiger partial charge in [-0.25, -0.2) is 0 Å². The summed E-state index contributed by atoms with van der Waals surface area (Å²) in [6.45, 7) is 5.90. The summed E-state index contributed by atoms with van der Waals surface area (Å²) in [5.74, 6) is 0.391. The zero-order valence-electron chi connectivity index (χ0n) is 17.0. The lowest BCUT2D eigenvalue weighted by molar-refractivity contribution is -0.133. The minimum Gasteiger partial charge on any atom is -0.340 e. The lowest BCUT2D eigenvalue weighted by Crippen LogP contribution is -2.49. The van der Waals surface area contributed by atoms with E-state index in [-0.39, 0.29) is 11.8 Å². The van der Waals surface area contributed by atoms with E-state index in [1.165, 1.54) is 24.0 Å². The molecule has 3 rings (SSSR count). The fourth-order valence-corrected chi connectivity index (χ4v) is 3.96. The van der Waals surface area contributed by atoms with Crippen molar-refractivity contribution < 1.29 is 4.79 Å². The molecule has 0 aromatic heterocycles. The molecular weight excluding hydrogens is 346 g/mol. The van der Waals surface area contributed by atoms with Crippen LogP contribution in [0.2, 0.25) is 0 Å². The monoisotopic (exact) mass is 379 g/mol. The van der Waals surface area contributed by atoms with Gasteiger partial charge in [-0.2, -0.15) is 0 Å². The molecule has 0 atom stereocenters. The lowest BCUT2D eigenvalue weighted by atomic mass is 9.88. The maximum absolute atomic E-state index is 13.1. The van der Waals surface area contributed by atoms with Gasteiger partial charge in [-0.15, -0.1) is 0 Å². The van der Waals surface area contributed by atoms with Gasteiger partial charge in [0.2, 0.25) is 5.91 Å². The Morgan fingerprint density at radius 1 is 0.893 bits per heavy atom. The van der Waals surface area contributed by atoms with Gasteiger partial charge in [0.15, 0.2) is 0 Å². The average molecular weight is 380 g/mol. The molecule has 150 valence electrons. The van der Waals surface area contributed by atoms with E-state index in [1.54, 1.807) is 0 Å². The predicted octanol–water partition coefficient (Wildman–Crippen LogP) is 3.35. The molecule has 1 aliphatic heterocycles. The Kier molecular flexibility index (Phi) is 8.07. The summed E-state index contributed by atoms with van der Waals surface area (Å²) in [6.07, 6.45) is 2.97. The molecule has 1 heterocycles. The molecule has 1 fully saturated rings. The van der Waals surface area contributed by atoms with Crippen LogP contribution >= 0.6 is 0 Å². The first-order valence-electron chi connectivity index (χ1n) is 10.5. The van der Waals surface area contributed by atoms with Crippen LogP contribution in [0.15, 0.2) is 60.7 Å². The first kappa shape index (κ1) is 20.6. The molecule has 1 N–H and O–H groups in total. The van der Waals surface area contributed by atoms with Crippen molar-refractivity contribution in [3.8, 4) is 0 Å². The summed E-state index contributed by atoms with van der Waals surface area (Å²) in [5.41, 5.74) is 2.43. The quantitative estimate of drug-likeness (QED) is 0.679. The SMILES string of the molecule is CNCCCCN1CCN(C(=O)CC(c2ccccc2)c2ccccc2)CC1. The van der Waals surface area contributed by atoms with Gasteiger partial charge in [-0.05, 0) is 44.1 Å². The van der Waals surface area contributed by atoms with Crippen molar-refractivity contribution in [3.05, 3.63) is 71.8 Å². The molecule has 28 heavy (non-hydrogen) atoms. The number of hydrogen-bond acceptors (Lipinski definition) is 3. The number of benzene rings is 2. The molecule has 1 aliphatic rings. The number of nitrogens with zero attached hydrogens (tertiary/aromatic N) is 2. The molecule has 4 heteroatoms. The Bertz CT molecular complexity index is 657. The third-order valence-corrected chi connectivity index (χ3v) is 5.66. The molecule has 1 saturated heterocycles. The van der Waals surface area contributed by atoms with Crippen LogP contribution in [-0.2, 0) is 4.79 Å². The van der Waals surface area contributed by atoms with Gasteiger partial charge in [-0.1, -0.05) is 60.7 Å². The number of amides is 1. The van der Waals surface area contributed by atoms with Crippen molar-refractivity contribution in [3.63, 3.8) is 0 Å². The molecule has 0 unspecified atom stereocenters. The van der Waals surface area contributed by atoms with E-state index in [2.05, 4.69) is 63.6 Å². The van der Waals surface area contributed by atoms with E-state index in [0.29, 0.717) is 6.42 Å². The molecular formula is C24H33N3O. The Morgan fingerprint density at radius 2 is 1.46 bits per heavy atom. The molecule has 0 bridgehead atoms. The highest BCUT2D eigenvalue weighted by Crippen LogP contribution is 2.28. The van der Waals surface area contributed by atoms with Crippen LogP contribution in [0.25, 0.3) is 0 Å². The fraction of sp³-hybridized carbons (Fsp3) is 0.458. The number of piperazine rings is 1. The maximum atomic E-state index is 13.1. The molecule has 0 saturated carbocycles. The number of unbranched alkanes of at least 4 members (excludes halogenated alkanes) is 1.